The van der Waals surface area contributed by atoms with E-state index in [0.29, 0.717) is 46.3 Å². The molecule has 1 aliphatic rings. The van der Waals surface area contributed by atoms with Crippen LogP contribution in [0, 0.1) is 0 Å². The number of imide groups is 1. The van der Waals surface area contributed by atoms with Gasteiger partial charge in [-0.25, -0.2) is 4.79 Å². The molecule has 0 atom stereocenters. The van der Waals surface area contributed by atoms with E-state index in [0.717, 1.165) is 16.3 Å². The number of fused-ring (bicyclic) bond motifs is 2. The average Bonchev–Trinajstić information content (AvgIpc) is 3.38. The summed E-state index contributed by atoms with van der Waals surface area (Å²) in [5.41, 5.74) is -2.94. The van der Waals surface area contributed by atoms with Gasteiger partial charge in [0, 0.05) is 25.3 Å². The third-order valence-corrected chi connectivity index (χ3v) is 16.4. The first kappa shape index (κ1) is 33.5. The minimum Gasteiger partial charge on any atom is -0.408 e. The van der Waals surface area contributed by atoms with Crippen LogP contribution < -0.4 is 5.76 Å². The maximum absolute atomic E-state index is 12.1. The Balaban J connectivity index is 0.000000222. The van der Waals surface area contributed by atoms with E-state index in [2.05, 4.69) is 0 Å². The Labute approximate surface area is 254 Å². The zero-order valence-corrected chi connectivity index (χ0v) is 27.7. The Bertz CT molecular complexity index is 1480. The van der Waals surface area contributed by atoms with Crippen LogP contribution in [0.4, 0.5) is 0 Å². The molecule has 0 spiro atoms. The summed E-state index contributed by atoms with van der Waals surface area (Å²) in [7, 11) is 2.92. The predicted molar refractivity (Wildman–Crippen MR) is 168 cm³/mol. The van der Waals surface area contributed by atoms with Crippen LogP contribution in [0.1, 0.15) is 34.6 Å². The van der Waals surface area contributed by atoms with Crippen molar-refractivity contribution in [2.24, 2.45) is 0 Å². The van der Waals surface area contributed by atoms with Crippen molar-refractivity contribution in [3.8, 4) is 0 Å². The van der Waals surface area contributed by atoms with Gasteiger partial charge in [0.1, 0.15) is 0 Å². The lowest BCUT2D eigenvalue weighted by Crippen LogP contribution is -2.29. The lowest BCUT2D eigenvalue weighted by Gasteiger charge is -2.20. The van der Waals surface area contributed by atoms with Crippen LogP contribution in [0.5, 0.6) is 0 Å². The zero-order valence-electron chi connectivity index (χ0n) is 21.9. The van der Waals surface area contributed by atoms with E-state index in [-0.39, 0.29) is 17.7 Å². The summed E-state index contributed by atoms with van der Waals surface area (Å²) in [6.45, 7) is 4.67. The highest BCUT2D eigenvalue weighted by Gasteiger charge is 2.36. The highest BCUT2D eigenvalue weighted by molar-refractivity contribution is 8.68. The molecule has 0 bridgehead atoms. The SMILES string of the molecule is CCOP(=S)(OCC)SCn1c(=O)oc2cc(Cl)ccc21.COP(=S)(OC)SCN1C(=O)c2ccccc2C1=O. The Kier molecular flexibility index (Phi) is 12.5. The molecule has 0 N–H and O–H groups in total. The number of hydrogen-bond donors (Lipinski definition) is 0. The first-order valence-corrected chi connectivity index (χ1v) is 20.5. The Morgan fingerprint density at radius 1 is 0.875 bits per heavy atom. The number of rotatable bonds is 12. The fourth-order valence-corrected chi connectivity index (χ4v) is 10.5. The smallest absolute Gasteiger partial charge is 0.408 e. The van der Waals surface area contributed by atoms with Crippen LogP contribution in [0.3, 0.4) is 0 Å². The predicted octanol–water partition coefficient (Wildman–Crippen LogP) is 6.73. The summed E-state index contributed by atoms with van der Waals surface area (Å²) in [5.74, 6) is -0.617. The number of nitrogens with zero attached hydrogens (tertiary/aromatic N) is 2. The number of amides is 2. The Hall–Kier alpha value is -1.02. The lowest BCUT2D eigenvalue weighted by atomic mass is 10.1. The monoisotopic (exact) mass is 684 g/mol. The van der Waals surface area contributed by atoms with Crippen LogP contribution in [-0.2, 0) is 47.6 Å². The van der Waals surface area contributed by atoms with E-state index in [4.69, 9.17) is 57.7 Å². The third-order valence-electron chi connectivity index (χ3n) is 5.22. The van der Waals surface area contributed by atoms with Crippen LogP contribution in [-0.4, -0.2) is 54.6 Å². The Morgan fingerprint density at radius 3 is 1.95 bits per heavy atom. The molecule has 0 fully saturated rings. The number of carbonyl (C=O) groups excluding carboxylic acids is 2. The quantitative estimate of drug-likeness (QED) is 0.149. The van der Waals surface area contributed by atoms with Gasteiger partial charge >= 0.3 is 5.76 Å². The van der Waals surface area contributed by atoms with Crippen molar-refractivity contribution in [2.45, 2.75) is 19.7 Å². The fourth-order valence-electron chi connectivity index (χ4n) is 3.38. The summed E-state index contributed by atoms with van der Waals surface area (Å²) >= 11 is 19.0. The normalized spacial score (nSPS) is 13.5. The second-order valence-electron chi connectivity index (χ2n) is 7.60. The first-order valence-electron chi connectivity index (χ1n) is 11.6. The minimum absolute atomic E-state index is 0.130. The van der Waals surface area contributed by atoms with Crippen molar-refractivity contribution in [2.75, 3.05) is 33.3 Å². The largest absolute Gasteiger partial charge is 0.420 e. The summed E-state index contributed by atoms with van der Waals surface area (Å²) in [6, 6.07) is 11.8. The third kappa shape index (κ3) is 8.08. The van der Waals surface area contributed by atoms with Crippen LogP contribution >= 0.6 is 45.8 Å². The van der Waals surface area contributed by atoms with Gasteiger partial charge in [-0.1, -0.05) is 23.7 Å². The van der Waals surface area contributed by atoms with Gasteiger partial charge in [0.2, 0.25) is 11.4 Å². The van der Waals surface area contributed by atoms with Gasteiger partial charge in [-0.05, 0) is 84.5 Å². The number of benzene rings is 2. The maximum atomic E-state index is 12.1. The molecule has 1 aliphatic heterocycles. The summed E-state index contributed by atoms with van der Waals surface area (Å²) < 4.78 is 28.0. The van der Waals surface area contributed by atoms with Crippen molar-refractivity contribution in [1.29, 1.82) is 0 Å². The van der Waals surface area contributed by atoms with Crippen molar-refractivity contribution in [3.05, 3.63) is 69.2 Å². The van der Waals surface area contributed by atoms with E-state index in [9.17, 15) is 14.4 Å². The van der Waals surface area contributed by atoms with Gasteiger partial charge in [0.15, 0.2) is 5.58 Å². The molecule has 0 aliphatic carbocycles. The first-order chi connectivity index (χ1) is 19.0. The standard InChI is InChI=1S/C12H15ClNO4PS2.C11H12NO4PS2/c1-3-16-19(20,17-4-2)21-8-14-10-6-5-9(13)7-11(10)18-12(14)15;1-15-17(18,16-2)19-7-12-10(13)8-5-3-4-6-9(8)11(12)14/h5-7H,3-4,8H2,1-2H3;3-6H,7H2,1-2H3. The van der Waals surface area contributed by atoms with Crippen molar-refractivity contribution < 1.29 is 32.1 Å². The van der Waals surface area contributed by atoms with E-state index >= 15 is 0 Å². The van der Waals surface area contributed by atoms with Gasteiger partial charge < -0.3 is 22.5 Å². The van der Waals surface area contributed by atoms with Crippen LogP contribution in [0.15, 0.2) is 51.7 Å². The summed E-state index contributed by atoms with van der Waals surface area (Å²) in [6.07, 6.45) is 0. The number of aromatic nitrogens is 1. The second kappa shape index (κ2) is 14.9. The number of hydrogen-bond acceptors (Lipinski definition) is 12. The fraction of sp³-hybridized carbons (Fsp3) is 0.348. The molecule has 4 rings (SSSR count). The Morgan fingerprint density at radius 2 is 1.43 bits per heavy atom. The van der Waals surface area contributed by atoms with Gasteiger partial charge in [-0.3, -0.25) is 19.1 Å². The molecule has 1 aromatic heterocycles. The average molecular weight is 685 g/mol. The molecular formula is C23H27ClN2O8P2S4. The molecule has 0 radical (unpaired) electrons. The van der Waals surface area contributed by atoms with E-state index in [1.54, 1.807) is 42.5 Å². The van der Waals surface area contributed by atoms with Crippen molar-refractivity contribution >= 4 is 92.3 Å². The van der Waals surface area contributed by atoms with E-state index in [1.165, 1.54) is 30.2 Å². The second-order valence-corrected chi connectivity index (χ2v) is 20.8. The number of halogens is 1. The number of carbonyl (C=O) groups is 2. The molecule has 2 heterocycles. The lowest BCUT2D eigenvalue weighted by molar-refractivity contribution is 0.0684. The summed E-state index contributed by atoms with van der Waals surface area (Å²) in [5, 5.41) is 0.518. The van der Waals surface area contributed by atoms with E-state index < -0.39 is 17.1 Å². The van der Waals surface area contributed by atoms with E-state index in [1.807, 2.05) is 13.8 Å². The molecule has 10 nitrogen and oxygen atoms in total. The molecule has 0 saturated heterocycles. The highest BCUT2D eigenvalue weighted by Crippen LogP contribution is 2.61. The molecule has 3 aromatic rings. The molecule has 0 saturated carbocycles. The minimum atomic E-state index is -2.48. The molecule has 17 heteroatoms. The van der Waals surface area contributed by atoms with Gasteiger partial charge in [0.05, 0.1) is 41.6 Å². The highest BCUT2D eigenvalue weighted by atomic mass is 35.5. The van der Waals surface area contributed by atoms with Crippen LogP contribution in [0.25, 0.3) is 11.1 Å². The van der Waals surface area contributed by atoms with Crippen molar-refractivity contribution in [1.82, 2.24) is 9.47 Å². The molecule has 40 heavy (non-hydrogen) atoms. The zero-order chi connectivity index (χ0) is 29.5. The van der Waals surface area contributed by atoms with Crippen LogP contribution in [0.2, 0.25) is 5.02 Å². The molecule has 0 unspecified atom stereocenters. The van der Waals surface area contributed by atoms with Gasteiger partial charge in [-0.2, -0.15) is 0 Å². The molecular weight excluding hydrogens is 658 g/mol. The topological polar surface area (TPSA) is 109 Å². The van der Waals surface area contributed by atoms with Crippen molar-refractivity contribution in [3.63, 3.8) is 0 Å². The molecule has 2 amide bonds. The molecule has 2 aromatic carbocycles. The van der Waals surface area contributed by atoms with Gasteiger partial charge in [-0.15, -0.1) is 0 Å². The molecule has 218 valence electrons. The summed E-state index contributed by atoms with van der Waals surface area (Å²) in [4.78, 5) is 37.3. The van der Waals surface area contributed by atoms with Gasteiger partial charge in [0.25, 0.3) is 11.8 Å². The number of oxazole rings is 1. The maximum Gasteiger partial charge on any atom is 0.420 e.